The number of aliphatic hydroxyl groups is 5. The van der Waals surface area contributed by atoms with Crippen LogP contribution in [-0.4, -0.2) is 71.7 Å². The second kappa shape index (κ2) is 4.59. The van der Waals surface area contributed by atoms with Gasteiger partial charge in [0.1, 0.15) is 6.61 Å². The molecular weight excluding hydrogens is 264 g/mol. The van der Waals surface area contributed by atoms with Crippen LogP contribution < -0.4 is 0 Å². The number of hydrogen-bond acceptors (Lipinski definition) is 9. The molecule has 1 fully saturated rings. The van der Waals surface area contributed by atoms with Gasteiger partial charge < -0.3 is 25.5 Å². The first-order valence-electron chi connectivity index (χ1n) is 5.44. The highest BCUT2D eigenvalue weighted by Crippen LogP contribution is 2.38. The van der Waals surface area contributed by atoms with Crippen molar-refractivity contribution in [2.75, 3.05) is 6.61 Å². The maximum Gasteiger partial charge on any atom is 0.353 e. The van der Waals surface area contributed by atoms with Crippen molar-refractivity contribution < 1.29 is 35.2 Å². The number of nitrogens with zero attached hydrogens (tertiary/aromatic N) is 2. The Morgan fingerprint density at radius 2 is 1.84 bits per heavy atom. The van der Waals surface area contributed by atoms with Crippen LogP contribution in [-0.2, 0) is 4.74 Å². The predicted octanol–water partition coefficient (Wildman–Crippen LogP) is -2.64. The van der Waals surface area contributed by atoms with Gasteiger partial charge in [-0.3, -0.25) is 14.9 Å². The van der Waals surface area contributed by atoms with E-state index in [2.05, 4.69) is 4.74 Å². The summed E-state index contributed by atoms with van der Waals surface area (Å²) in [7, 11) is 0. The molecule has 0 radical (unpaired) electrons. The van der Waals surface area contributed by atoms with Crippen molar-refractivity contribution in [1.29, 1.82) is 0 Å². The minimum atomic E-state index is -3.12. The van der Waals surface area contributed by atoms with E-state index < -0.39 is 41.2 Å². The molecular formula is C9H18N2O8. The number of hydrogen-bond donors (Lipinski definition) is 5. The molecule has 19 heavy (non-hydrogen) atoms. The molecule has 10 heteroatoms. The molecule has 1 heterocycles. The van der Waals surface area contributed by atoms with Gasteiger partial charge in [-0.2, -0.15) is 4.90 Å². The van der Waals surface area contributed by atoms with E-state index in [0.717, 1.165) is 0 Å². The van der Waals surface area contributed by atoms with E-state index in [-0.39, 0.29) is 0 Å². The van der Waals surface area contributed by atoms with Gasteiger partial charge in [0.2, 0.25) is 6.29 Å². The average molecular weight is 282 g/mol. The van der Waals surface area contributed by atoms with E-state index >= 15 is 0 Å². The third-order valence-corrected chi connectivity index (χ3v) is 3.02. The van der Waals surface area contributed by atoms with Crippen molar-refractivity contribution in [2.24, 2.45) is 0 Å². The van der Waals surface area contributed by atoms with Crippen LogP contribution in [0.2, 0.25) is 0 Å². The maximum atomic E-state index is 11.1. The number of aliphatic hydroxyl groups excluding tert-OH is 3. The second-order valence-corrected chi connectivity index (χ2v) is 5.37. The van der Waals surface area contributed by atoms with Crippen LogP contribution in [0, 0.1) is 10.1 Å². The number of ether oxygens (including phenoxy) is 1. The van der Waals surface area contributed by atoms with Gasteiger partial charge >= 0.3 is 11.6 Å². The summed E-state index contributed by atoms with van der Waals surface area (Å²) in [5.41, 5.74) is -3.87. The molecule has 3 unspecified atom stereocenters. The molecule has 0 aromatic rings. The average Bonchev–Trinajstić information content (AvgIpc) is 2.12. The van der Waals surface area contributed by atoms with E-state index in [1.165, 1.54) is 20.8 Å². The summed E-state index contributed by atoms with van der Waals surface area (Å²) < 4.78 is 4.38. The molecule has 1 aliphatic heterocycles. The zero-order valence-electron chi connectivity index (χ0n) is 10.7. The summed E-state index contributed by atoms with van der Waals surface area (Å²) in [6.07, 6.45) is -7.71. The van der Waals surface area contributed by atoms with Crippen molar-refractivity contribution in [3.63, 3.8) is 0 Å². The predicted molar refractivity (Wildman–Crippen MR) is 58.7 cm³/mol. The van der Waals surface area contributed by atoms with Crippen molar-refractivity contribution >= 4 is 0 Å². The largest absolute Gasteiger partial charge is 0.388 e. The third kappa shape index (κ3) is 2.31. The van der Waals surface area contributed by atoms with E-state index in [0.29, 0.717) is 4.90 Å². The Hall–Kier alpha value is -0.880. The van der Waals surface area contributed by atoms with Crippen LogP contribution in [0.15, 0.2) is 0 Å². The van der Waals surface area contributed by atoms with Crippen LogP contribution in [0.25, 0.3) is 0 Å². The van der Waals surface area contributed by atoms with Gasteiger partial charge in [0.05, 0.1) is 0 Å². The summed E-state index contributed by atoms with van der Waals surface area (Å²) in [5.74, 6) is 0. The molecule has 10 nitrogen and oxygen atoms in total. The van der Waals surface area contributed by atoms with Crippen molar-refractivity contribution in [2.45, 2.75) is 50.5 Å². The quantitative estimate of drug-likeness (QED) is 0.207. The first kappa shape index (κ1) is 16.2. The first-order chi connectivity index (χ1) is 8.41. The van der Waals surface area contributed by atoms with Crippen LogP contribution >= 0.6 is 0 Å². The Labute approximate surface area is 108 Å². The summed E-state index contributed by atoms with van der Waals surface area (Å²) in [5, 5.41) is 59.2. The van der Waals surface area contributed by atoms with Crippen LogP contribution in [0.1, 0.15) is 20.8 Å². The van der Waals surface area contributed by atoms with Crippen molar-refractivity contribution in [3.05, 3.63) is 10.1 Å². The molecule has 5 N–H and O–H groups in total. The van der Waals surface area contributed by atoms with Gasteiger partial charge in [-0.05, 0) is 20.8 Å². The molecule has 0 aromatic heterocycles. The van der Waals surface area contributed by atoms with Crippen molar-refractivity contribution in [1.82, 2.24) is 4.90 Å². The van der Waals surface area contributed by atoms with E-state index in [1.807, 2.05) is 0 Å². The summed E-state index contributed by atoms with van der Waals surface area (Å²) >= 11 is 0. The molecule has 0 amide bonds. The molecule has 0 aromatic carbocycles. The fourth-order valence-electron chi connectivity index (χ4n) is 2.02. The molecule has 112 valence electrons. The van der Waals surface area contributed by atoms with Gasteiger partial charge in [-0.25, -0.2) is 0 Å². The van der Waals surface area contributed by atoms with Gasteiger partial charge in [-0.15, -0.1) is 0 Å². The lowest BCUT2D eigenvalue weighted by atomic mass is 9.92. The maximum absolute atomic E-state index is 11.1. The highest BCUT2D eigenvalue weighted by atomic mass is 16.8. The Kier molecular flexibility index (Phi) is 3.91. The molecule has 0 saturated carbocycles. The highest BCUT2D eigenvalue weighted by molar-refractivity contribution is 4.98. The summed E-state index contributed by atoms with van der Waals surface area (Å²) in [6.45, 7) is 3.03. The smallest absolute Gasteiger partial charge is 0.353 e. The van der Waals surface area contributed by atoms with Crippen molar-refractivity contribution in [3.8, 4) is 0 Å². The number of nitro groups is 1. The molecule has 1 aliphatic rings. The lowest BCUT2D eigenvalue weighted by Crippen LogP contribution is -2.79. The minimum absolute atomic E-state index is 0.478. The monoisotopic (exact) mass is 282 g/mol. The van der Waals surface area contributed by atoms with Crippen LogP contribution in [0.5, 0.6) is 0 Å². The lowest BCUT2D eigenvalue weighted by molar-refractivity contribution is -0.662. The summed E-state index contributed by atoms with van der Waals surface area (Å²) in [6, 6.07) is 0. The minimum Gasteiger partial charge on any atom is -0.388 e. The van der Waals surface area contributed by atoms with Gasteiger partial charge in [0.15, 0.2) is 6.23 Å². The van der Waals surface area contributed by atoms with E-state index in [4.69, 9.17) is 0 Å². The Morgan fingerprint density at radius 3 is 2.16 bits per heavy atom. The zero-order valence-corrected chi connectivity index (χ0v) is 10.7. The molecule has 1 rings (SSSR count). The highest BCUT2D eigenvalue weighted by Gasteiger charge is 2.69. The Balaban J connectivity index is 3.38. The molecule has 0 bridgehead atoms. The number of rotatable bonds is 2. The second-order valence-electron chi connectivity index (χ2n) is 5.37. The standard InChI is InChI=1S/C9H18N2O8/c1-7(2,3)10-5(13)8(4-12,11(17)18)6(14)19-9(10,15)16/h5-6,12-16H,4H2,1-3H3. The van der Waals surface area contributed by atoms with Gasteiger partial charge in [0.25, 0.3) is 0 Å². The van der Waals surface area contributed by atoms with Gasteiger partial charge in [0, 0.05) is 10.5 Å². The van der Waals surface area contributed by atoms with Gasteiger partial charge in [-0.1, -0.05) is 0 Å². The van der Waals surface area contributed by atoms with Crippen LogP contribution in [0.3, 0.4) is 0 Å². The van der Waals surface area contributed by atoms with Crippen LogP contribution in [0.4, 0.5) is 0 Å². The Bertz CT molecular complexity index is 368. The molecule has 1 saturated heterocycles. The molecule has 3 atom stereocenters. The topological polar surface area (TPSA) is 157 Å². The fourth-order valence-corrected chi connectivity index (χ4v) is 2.02. The van der Waals surface area contributed by atoms with E-state index in [9.17, 15) is 35.6 Å². The molecule has 0 aliphatic carbocycles. The Morgan fingerprint density at radius 1 is 1.37 bits per heavy atom. The summed E-state index contributed by atoms with van der Waals surface area (Å²) in [4.78, 5) is 10.4. The lowest BCUT2D eigenvalue weighted by Gasteiger charge is -2.52. The first-order valence-corrected chi connectivity index (χ1v) is 5.44. The SMILES string of the molecule is CC(C)(C)N1C(O)C(CO)([N+](=O)[O-])C(O)OC1(O)O. The normalized spacial score (nSPS) is 36.2. The van der Waals surface area contributed by atoms with E-state index in [1.54, 1.807) is 0 Å². The molecule has 0 spiro atoms. The zero-order chi connectivity index (χ0) is 15.2. The fraction of sp³-hybridized carbons (Fsp3) is 1.00. The third-order valence-electron chi connectivity index (χ3n) is 3.02.